The van der Waals surface area contributed by atoms with Crippen molar-refractivity contribution < 1.29 is 0 Å². The first-order chi connectivity index (χ1) is 4.47. The van der Waals surface area contributed by atoms with Gasteiger partial charge < -0.3 is 0 Å². The fraction of sp³-hybridized carbons (Fsp3) is 0.875. The van der Waals surface area contributed by atoms with Crippen molar-refractivity contribution in [2.75, 3.05) is 13.1 Å². The van der Waals surface area contributed by atoms with Crippen LogP contribution in [0.25, 0.3) is 0 Å². The minimum Gasteiger partial charge on any atom is -0.300 e. The molecule has 51 valence electrons. The maximum Gasteiger partial charge on any atom is 0.00955 e. The van der Waals surface area contributed by atoms with Gasteiger partial charge in [0.25, 0.3) is 0 Å². The molecule has 0 unspecified atom stereocenters. The molecular weight excluding hydrogens is 110 g/mol. The van der Waals surface area contributed by atoms with Crippen molar-refractivity contribution in [3.8, 4) is 0 Å². The molecule has 0 N–H and O–H groups in total. The van der Waals surface area contributed by atoms with E-state index in [-0.39, 0.29) is 0 Å². The van der Waals surface area contributed by atoms with Gasteiger partial charge in [-0.25, -0.2) is 0 Å². The summed E-state index contributed by atoms with van der Waals surface area (Å²) in [6, 6.07) is 0.968. The normalized spacial score (nSPS) is 30.7. The second-order valence-electron chi connectivity index (χ2n) is 3.18. The summed E-state index contributed by atoms with van der Waals surface area (Å²) in [4.78, 5) is 2.59. The van der Waals surface area contributed by atoms with E-state index in [2.05, 4.69) is 11.3 Å². The van der Waals surface area contributed by atoms with Crippen LogP contribution in [0.2, 0.25) is 0 Å². The third-order valence-corrected chi connectivity index (χ3v) is 2.57. The SMILES string of the molecule is [CH]1CN(C2CCCC2)C1. The van der Waals surface area contributed by atoms with E-state index in [4.69, 9.17) is 0 Å². The van der Waals surface area contributed by atoms with Gasteiger partial charge in [-0.1, -0.05) is 12.8 Å². The largest absolute Gasteiger partial charge is 0.300 e. The van der Waals surface area contributed by atoms with Crippen LogP contribution in [0.4, 0.5) is 0 Å². The van der Waals surface area contributed by atoms with Gasteiger partial charge in [-0.3, -0.25) is 4.90 Å². The molecular formula is C8H14N. The van der Waals surface area contributed by atoms with Gasteiger partial charge in [0.2, 0.25) is 0 Å². The topological polar surface area (TPSA) is 3.24 Å². The minimum absolute atomic E-state index is 0.968. The van der Waals surface area contributed by atoms with Gasteiger partial charge >= 0.3 is 0 Å². The monoisotopic (exact) mass is 124 g/mol. The third-order valence-electron chi connectivity index (χ3n) is 2.57. The van der Waals surface area contributed by atoms with E-state index in [0.29, 0.717) is 0 Å². The van der Waals surface area contributed by atoms with E-state index in [0.717, 1.165) is 6.04 Å². The van der Waals surface area contributed by atoms with Gasteiger partial charge in [-0.05, 0) is 19.3 Å². The highest BCUT2D eigenvalue weighted by Crippen LogP contribution is 2.26. The lowest BCUT2D eigenvalue weighted by molar-refractivity contribution is 0.171. The Bertz CT molecular complexity index is 90.7. The fourth-order valence-corrected chi connectivity index (χ4v) is 1.85. The van der Waals surface area contributed by atoms with Gasteiger partial charge in [-0.2, -0.15) is 0 Å². The summed E-state index contributed by atoms with van der Waals surface area (Å²) in [5, 5.41) is 0. The summed E-state index contributed by atoms with van der Waals surface area (Å²) < 4.78 is 0. The highest BCUT2D eigenvalue weighted by atomic mass is 15.2. The predicted octanol–water partition coefficient (Wildman–Crippen LogP) is 1.45. The minimum atomic E-state index is 0.968. The Kier molecular flexibility index (Phi) is 1.46. The Hall–Kier alpha value is -0.0400. The van der Waals surface area contributed by atoms with Crippen LogP contribution in [-0.2, 0) is 0 Å². The van der Waals surface area contributed by atoms with Gasteiger partial charge in [0.15, 0.2) is 0 Å². The maximum absolute atomic E-state index is 2.59. The van der Waals surface area contributed by atoms with Crippen LogP contribution >= 0.6 is 0 Å². The van der Waals surface area contributed by atoms with Crippen molar-refractivity contribution in [1.29, 1.82) is 0 Å². The molecule has 0 aromatic rings. The van der Waals surface area contributed by atoms with Crippen LogP contribution in [0.5, 0.6) is 0 Å². The molecule has 1 heteroatoms. The highest BCUT2D eigenvalue weighted by Gasteiger charge is 2.26. The number of hydrogen-bond donors (Lipinski definition) is 0. The molecule has 0 aromatic heterocycles. The first kappa shape index (κ1) is 5.72. The Morgan fingerprint density at radius 2 is 1.78 bits per heavy atom. The average Bonchev–Trinajstić information content (AvgIpc) is 2.11. The molecule has 0 atom stereocenters. The molecule has 1 radical (unpaired) electrons. The zero-order chi connectivity index (χ0) is 6.10. The number of rotatable bonds is 1. The first-order valence-corrected chi connectivity index (χ1v) is 4.02. The fourth-order valence-electron chi connectivity index (χ4n) is 1.85. The second kappa shape index (κ2) is 2.30. The Morgan fingerprint density at radius 1 is 1.11 bits per heavy atom. The highest BCUT2D eigenvalue weighted by molar-refractivity contribution is 4.92. The van der Waals surface area contributed by atoms with Crippen LogP contribution in [-0.4, -0.2) is 24.0 Å². The molecule has 0 amide bonds. The lowest BCUT2D eigenvalue weighted by Gasteiger charge is -2.35. The summed E-state index contributed by atoms with van der Waals surface area (Å²) in [6.07, 6.45) is 8.24. The Labute approximate surface area is 57.0 Å². The molecule has 9 heavy (non-hydrogen) atoms. The molecule has 2 fully saturated rings. The molecule has 1 nitrogen and oxygen atoms in total. The van der Waals surface area contributed by atoms with Crippen molar-refractivity contribution in [1.82, 2.24) is 4.90 Å². The molecule has 2 aliphatic rings. The Balaban J connectivity index is 1.82. The zero-order valence-electron chi connectivity index (χ0n) is 5.84. The summed E-state index contributed by atoms with van der Waals surface area (Å²) in [5.41, 5.74) is 0. The molecule has 0 bridgehead atoms. The van der Waals surface area contributed by atoms with Crippen LogP contribution in [0, 0.1) is 6.42 Å². The maximum atomic E-state index is 2.59. The second-order valence-corrected chi connectivity index (χ2v) is 3.18. The van der Waals surface area contributed by atoms with Crippen molar-refractivity contribution in [2.45, 2.75) is 31.7 Å². The van der Waals surface area contributed by atoms with Crippen molar-refractivity contribution in [3.63, 3.8) is 0 Å². The van der Waals surface area contributed by atoms with E-state index in [1.54, 1.807) is 0 Å². The summed E-state index contributed by atoms with van der Waals surface area (Å²) in [7, 11) is 0. The molecule has 1 saturated heterocycles. The number of nitrogens with zero attached hydrogens (tertiary/aromatic N) is 1. The standard InChI is InChI=1S/C8H14N/c1-2-5-8(4-1)9-6-3-7-9/h3,8H,1-2,4-7H2. The van der Waals surface area contributed by atoms with Crippen molar-refractivity contribution in [2.24, 2.45) is 0 Å². The van der Waals surface area contributed by atoms with Crippen LogP contribution in [0.3, 0.4) is 0 Å². The first-order valence-electron chi connectivity index (χ1n) is 4.02. The van der Waals surface area contributed by atoms with E-state index in [1.807, 2.05) is 0 Å². The zero-order valence-corrected chi connectivity index (χ0v) is 5.84. The molecule has 1 saturated carbocycles. The molecule has 1 aliphatic heterocycles. The summed E-state index contributed by atoms with van der Waals surface area (Å²) in [5.74, 6) is 0. The third kappa shape index (κ3) is 0.983. The lowest BCUT2D eigenvalue weighted by Crippen LogP contribution is -2.44. The van der Waals surface area contributed by atoms with Gasteiger partial charge in [-0.15, -0.1) is 0 Å². The summed E-state index contributed by atoms with van der Waals surface area (Å²) in [6.45, 7) is 2.54. The average molecular weight is 124 g/mol. The quantitative estimate of drug-likeness (QED) is 0.511. The van der Waals surface area contributed by atoms with Crippen LogP contribution in [0.15, 0.2) is 0 Å². The van der Waals surface area contributed by atoms with Crippen LogP contribution in [0.1, 0.15) is 25.7 Å². The van der Waals surface area contributed by atoms with Gasteiger partial charge in [0, 0.05) is 19.1 Å². The van der Waals surface area contributed by atoms with Crippen molar-refractivity contribution in [3.05, 3.63) is 6.42 Å². The number of hydrogen-bond acceptors (Lipinski definition) is 1. The van der Waals surface area contributed by atoms with E-state index < -0.39 is 0 Å². The molecule has 0 aromatic carbocycles. The van der Waals surface area contributed by atoms with Crippen LogP contribution < -0.4 is 0 Å². The van der Waals surface area contributed by atoms with Gasteiger partial charge in [0.05, 0.1) is 0 Å². The molecule has 1 heterocycles. The number of likely N-dealkylation sites (tertiary alicyclic amines) is 1. The Morgan fingerprint density at radius 3 is 2.22 bits per heavy atom. The smallest absolute Gasteiger partial charge is 0.00955 e. The van der Waals surface area contributed by atoms with E-state index in [9.17, 15) is 0 Å². The van der Waals surface area contributed by atoms with Crippen molar-refractivity contribution >= 4 is 0 Å². The van der Waals surface area contributed by atoms with E-state index >= 15 is 0 Å². The predicted molar refractivity (Wildman–Crippen MR) is 38.1 cm³/mol. The lowest BCUT2D eigenvalue weighted by atomic mass is 10.1. The van der Waals surface area contributed by atoms with E-state index in [1.165, 1.54) is 38.8 Å². The summed E-state index contributed by atoms with van der Waals surface area (Å²) >= 11 is 0. The molecule has 1 aliphatic carbocycles. The van der Waals surface area contributed by atoms with Gasteiger partial charge in [0.1, 0.15) is 0 Å². The molecule has 0 spiro atoms. The molecule has 2 rings (SSSR count).